The van der Waals surface area contributed by atoms with Gasteiger partial charge in [0, 0.05) is 58.7 Å². The number of likely N-dealkylation sites (tertiary alicyclic amines) is 1. The minimum Gasteiger partial charge on any atom is -0.376 e. The fourth-order valence-corrected chi connectivity index (χ4v) is 5.48. The summed E-state index contributed by atoms with van der Waals surface area (Å²) in [6.45, 7) is 5.30. The number of piperazine rings is 1. The minimum absolute atomic E-state index is 0.0107. The van der Waals surface area contributed by atoms with Gasteiger partial charge in [0.05, 0.1) is 11.0 Å². The van der Waals surface area contributed by atoms with E-state index in [1.807, 2.05) is 4.90 Å². The molecule has 9 heteroatoms. The average molecular weight is 452 g/mol. The number of rotatable bonds is 8. The first-order chi connectivity index (χ1) is 14.9. The van der Waals surface area contributed by atoms with E-state index in [1.165, 1.54) is 4.31 Å². The number of carbonyl (C=O) groups is 2. The van der Waals surface area contributed by atoms with E-state index in [1.54, 1.807) is 35.2 Å². The molecule has 0 N–H and O–H groups in total. The third kappa shape index (κ3) is 6.27. The van der Waals surface area contributed by atoms with Crippen LogP contribution in [0.5, 0.6) is 0 Å². The number of sulfonamides is 1. The van der Waals surface area contributed by atoms with Gasteiger partial charge in [-0.25, -0.2) is 8.42 Å². The highest BCUT2D eigenvalue weighted by Crippen LogP contribution is 2.18. The molecule has 0 aliphatic carbocycles. The molecule has 0 spiro atoms. The number of carbonyl (C=O) groups excluding carboxylic acids is 2. The Labute approximate surface area is 185 Å². The monoisotopic (exact) mass is 451 g/mol. The van der Waals surface area contributed by atoms with Crippen LogP contribution in [0.4, 0.5) is 0 Å². The van der Waals surface area contributed by atoms with Crippen LogP contribution in [-0.2, 0) is 24.3 Å². The fraction of sp³-hybridized carbons (Fsp3) is 0.636. The smallest absolute Gasteiger partial charge is 0.243 e. The summed E-state index contributed by atoms with van der Waals surface area (Å²) in [4.78, 5) is 28.9. The molecule has 1 unspecified atom stereocenters. The van der Waals surface area contributed by atoms with Crippen molar-refractivity contribution in [3.8, 4) is 0 Å². The van der Waals surface area contributed by atoms with E-state index in [0.29, 0.717) is 26.2 Å². The molecule has 2 aliphatic heterocycles. The van der Waals surface area contributed by atoms with E-state index in [9.17, 15) is 18.0 Å². The van der Waals surface area contributed by atoms with Crippen molar-refractivity contribution in [1.29, 1.82) is 0 Å². The van der Waals surface area contributed by atoms with Gasteiger partial charge in [-0.2, -0.15) is 4.31 Å². The van der Waals surface area contributed by atoms with Gasteiger partial charge >= 0.3 is 0 Å². The molecular weight excluding hydrogens is 418 g/mol. The third-order valence-electron chi connectivity index (χ3n) is 5.81. The molecule has 0 bridgehead atoms. The van der Waals surface area contributed by atoms with E-state index < -0.39 is 10.0 Å². The fourth-order valence-electron chi connectivity index (χ4n) is 4.03. The van der Waals surface area contributed by atoms with Crippen LogP contribution in [0.1, 0.15) is 39.0 Å². The van der Waals surface area contributed by atoms with Crippen molar-refractivity contribution < 1.29 is 22.7 Å². The van der Waals surface area contributed by atoms with E-state index in [-0.39, 0.29) is 48.7 Å². The normalized spacial score (nSPS) is 20.6. The first kappa shape index (κ1) is 23.7. The first-order valence-corrected chi connectivity index (χ1v) is 12.6. The van der Waals surface area contributed by atoms with Crippen LogP contribution in [-0.4, -0.2) is 86.3 Å². The molecule has 3 rings (SSSR count). The van der Waals surface area contributed by atoms with Crippen molar-refractivity contribution in [2.24, 2.45) is 0 Å². The lowest BCUT2D eigenvalue weighted by Gasteiger charge is -2.34. The highest BCUT2D eigenvalue weighted by Gasteiger charge is 2.30. The largest absolute Gasteiger partial charge is 0.376 e. The summed E-state index contributed by atoms with van der Waals surface area (Å²) >= 11 is 0. The molecule has 1 atom stereocenters. The van der Waals surface area contributed by atoms with E-state index in [4.69, 9.17) is 4.74 Å². The van der Waals surface area contributed by atoms with Gasteiger partial charge in [0.2, 0.25) is 21.8 Å². The summed E-state index contributed by atoms with van der Waals surface area (Å²) in [5, 5.41) is 0. The van der Waals surface area contributed by atoms with Gasteiger partial charge < -0.3 is 14.5 Å². The Bertz CT molecular complexity index is 838. The molecule has 0 aromatic heterocycles. The highest BCUT2D eigenvalue weighted by atomic mass is 32.2. The van der Waals surface area contributed by atoms with Crippen LogP contribution in [0.3, 0.4) is 0 Å². The zero-order valence-corrected chi connectivity index (χ0v) is 19.1. The first-order valence-electron chi connectivity index (χ1n) is 11.1. The summed E-state index contributed by atoms with van der Waals surface area (Å²) in [5.41, 5.74) is 0. The van der Waals surface area contributed by atoms with Crippen molar-refractivity contribution in [3.63, 3.8) is 0 Å². The van der Waals surface area contributed by atoms with Gasteiger partial charge in [0.25, 0.3) is 0 Å². The summed E-state index contributed by atoms with van der Waals surface area (Å²) < 4.78 is 32.6. The Morgan fingerprint density at radius 2 is 1.61 bits per heavy atom. The maximum atomic E-state index is 12.7. The van der Waals surface area contributed by atoms with Gasteiger partial charge in [-0.1, -0.05) is 25.1 Å². The molecule has 1 aromatic rings. The lowest BCUT2D eigenvalue weighted by Crippen LogP contribution is -2.50. The molecule has 2 fully saturated rings. The summed E-state index contributed by atoms with van der Waals surface area (Å²) in [6, 6.07) is 8.33. The van der Waals surface area contributed by atoms with Gasteiger partial charge in [0.15, 0.2) is 0 Å². The molecule has 31 heavy (non-hydrogen) atoms. The van der Waals surface area contributed by atoms with Gasteiger partial charge in [0.1, 0.15) is 0 Å². The molecule has 2 amide bonds. The van der Waals surface area contributed by atoms with Crippen LogP contribution in [0, 0.1) is 0 Å². The van der Waals surface area contributed by atoms with Crippen LogP contribution >= 0.6 is 0 Å². The zero-order chi connectivity index (χ0) is 22.3. The minimum atomic E-state index is -3.54. The Morgan fingerprint density at radius 3 is 2.26 bits per heavy atom. The quantitative estimate of drug-likeness (QED) is 0.601. The Hall–Kier alpha value is -1.97. The average Bonchev–Trinajstić information content (AvgIpc) is 2.81. The molecule has 172 valence electrons. The van der Waals surface area contributed by atoms with Crippen molar-refractivity contribution in [3.05, 3.63) is 30.3 Å². The third-order valence-corrected chi connectivity index (χ3v) is 7.73. The van der Waals surface area contributed by atoms with Crippen LogP contribution < -0.4 is 0 Å². The number of nitrogens with zero attached hydrogens (tertiary/aromatic N) is 3. The lowest BCUT2D eigenvalue weighted by atomic mass is 10.1. The second-order valence-electron chi connectivity index (χ2n) is 8.07. The van der Waals surface area contributed by atoms with Crippen molar-refractivity contribution >= 4 is 21.8 Å². The predicted octanol–water partition coefficient (Wildman–Crippen LogP) is 1.72. The molecule has 2 aliphatic rings. The standard InChI is InChI=1S/C22H33N3O5S/c1-2-17-30-19-7-6-12-24(18-19)22(27)11-10-21(26)23-13-15-25(16-14-23)31(28,29)20-8-4-3-5-9-20/h3-5,8-9,19H,2,6-7,10-18H2,1H3. The summed E-state index contributed by atoms with van der Waals surface area (Å²) in [7, 11) is -3.54. The van der Waals surface area contributed by atoms with E-state index in [0.717, 1.165) is 25.8 Å². The van der Waals surface area contributed by atoms with E-state index >= 15 is 0 Å². The second kappa shape index (κ2) is 11.1. The lowest BCUT2D eigenvalue weighted by molar-refractivity contribution is -0.139. The van der Waals surface area contributed by atoms with Gasteiger partial charge in [-0.3, -0.25) is 9.59 Å². The number of ether oxygens (including phenoxy) is 1. The Balaban J connectivity index is 1.43. The van der Waals surface area contributed by atoms with Gasteiger partial charge in [-0.15, -0.1) is 0 Å². The summed E-state index contributed by atoms with van der Waals surface area (Å²) in [6.07, 6.45) is 3.28. The van der Waals surface area contributed by atoms with Crippen molar-refractivity contribution in [2.45, 2.75) is 50.0 Å². The van der Waals surface area contributed by atoms with E-state index in [2.05, 4.69) is 6.92 Å². The summed E-state index contributed by atoms with van der Waals surface area (Å²) in [5.74, 6) is -0.107. The number of hydrogen-bond acceptors (Lipinski definition) is 5. The molecule has 2 saturated heterocycles. The number of hydrogen-bond donors (Lipinski definition) is 0. The van der Waals surface area contributed by atoms with Crippen LogP contribution in [0.25, 0.3) is 0 Å². The number of amides is 2. The molecule has 1 aromatic carbocycles. The van der Waals surface area contributed by atoms with Crippen molar-refractivity contribution in [1.82, 2.24) is 14.1 Å². The Morgan fingerprint density at radius 1 is 0.968 bits per heavy atom. The predicted molar refractivity (Wildman–Crippen MR) is 117 cm³/mol. The zero-order valence-electron chi connectivity index (χ0n) is 18.2. The molecule has 0 radical (unpaired) electrons. The maximum Gasteiger partial charge on any atom is 0.243 e. The number of piperidine rings is 1. The Kier molecular flexibility index (Phi) is 8.45. The molecule has 0 saturated carbocycles. The molecule has 8 nitrogen and oxygen atoms in total. The van der Waals surface area contributed by atoms with Gasteiger partial charge in [-0.05, 0) is 31.4 Å². The maximum absolute atomic E-state index is 12.7. The number of benzene rings is 1. The van der Waals surface area contributed by atoms with Crippen LogP contribution in [0.15, 0.2) is 35.2 Å². The highest BCUT2D eigenvalue weighted by molar-refractivity contribution is 7.89. The SMILES string of the molecule is CCCOC1CCCN(C(=O)CCC(=O)N2CCN(S(=O)(=O)c3ccccc3)CC2)C1. The molecular formula is C22H33N3O5S. The topological polar surface area (TPSA) is 87.2 Å². The van der Waals surface area contributed by atoms with Crippen LogP contribution in [0.2, 0.25) is 0 Å². The molecule has 2 heterocycles. The second-order valence-corrected chi connectivity index (χ2v) is 10.0. The van der Waals surface area contributed by atoms with Crippen molar-refractivity contribution in [2.75, 3.05) is 45.9 Å².